The van der Waals surface area contributed by atoms with Crippen molar-refractivity contribution in [2.45, 2.75) is 38.4 Å². The summed E-state index contributed by atoms with van der Waals surface area (Å²) >= 11 is 5.25. The van der Waals surface area contributed by atoms with Gasteiger partial charge in [0.15, 0.2) is 5.78 Å². The van der Waals surface area contributed by atoms with Crippen LogP contribution in [0.5, 0.6) is 0 Å². The molecule has 9 heteroatoms. The number of likely N-dealkylation sites (tertiary alicyclic amines) is 1. The number of Topliss-reactive ketones (excluding diaryl/α,β-unsaturated/α-hetero) is 1. The molecule has 2 amide bonds. The number of halogens is 1. The van der Waals surface area contributed by atoms with Gasteiger partial charge in [-0.3, -0.25) is 14.4 Å². The van der Waals surface area contributed by atoms with Gasteiger partial charge >= 0.3 is 0 Å². The van der Waals surface area contributed by atoms with Gasteiger partial charge in [-0.05, 0) is 68.7 Å². The summed E-state index contributed by atoms with van der Waals surface area (Å²) in [6, 6.07) is 8.00. The number of fused-ring (bicyclic) bond motifs is 1. The average molecular weight is 572 g/mol. The monoisotopic (exact) mass is 570 g/mol. The number of nitrogens with zero attached hydrogens (tertiary/aromatic N) is 3. The summed E-state index contributed by atoms with van der Waals surface area (Å²) in [4.78, 5) is 42.9. The van der Waals surface area contributed by atoms with Crippen LogP contribution in [0.3, 0.4) is 0 Å². The van der Waals surface area contributed by atoms with E-state index < -0.39 is 0 Å². The van der Waals surface area contributed by atoms with Crippen LogP contribution in [0.4, 0.5) is 0 Å². The Bertz CT molecular complexity index is 1310. The summed E-state index contributed by atoms with van der Waals surface area (Å²) in [6.45, 7) is 6.67. The fraction of sp³-hybridized carbons (Fsp3) is 0.370. The first kappa shape index (κ1) is 26.3. The van der Waals surface area contributed by atoms with Crippen molar-refractivity contribution in [1.29, 1.82) is 0 Å². The Hall–Kier alpha value is -2.75. The quantitative estimate of drug-likeness (QED) is 0.286. The number of carbonyl (C=O) groups excluding carboxylic acids is 3. The van der Waals surface area contributed by atoms with Crippen molar-refractivity contribution >= 4 is 55.8 Å². The van der Waals surface area contributed by atoms with Gasteiger partial charge < -0.3 is 19.7 Å². The lowest BCUT2D eigenvalue weighted by Crippen LogP contribution is -2.61. The second-order valence-corrected chi connectivity index (χ2v) is 11.3. The third-order valence-corrected chi connectivity index (χ3v) is 8.28. The normalized spacial score (nSPS) is 14.6. The number of benzene rings is 1. The van der Waals surface area contributed by atoms with Gasteiger partial charge in [0.1, 0.15) is 6.54 Å². The summed E-state index contributed by atoms with van der Waals surface area (Å²) in [5.41, 5.74) is 2.72. The Morgan fingerprint density at radius 2 is 2.03 bits per heavy atom. The number of amides is 2. The Balaban J connectivity index is 1.47. The van der Waals surface area contributed by atoms with Crippen molar-refractivity contribution in [1.82, 2.24) is 19.7 Å². The fourth-order valence-electron chi connectivity index (χ4n) is 4.68. The third-order valence-electron chi connectivity index (χ3n) is 6.66. The minimum absolute atomic E-state index is 0.0656. The van der Waals surface area contributed by atoms with Crippen molar-refractivity contribution < 1.29 is 14.4 Å². The molecule has 0 spiro atoms. The van der Waals surface area contributed by atoms with E-state index in [2.05, 4.69) is 51.1 Å². The van der Waals surface area contributed by atoms with E-state index >= 15 is 0 Å². The van der Waals surface area contributed by atoms with E-state index in [9.17, 15) is 14.4 Å². The Kier molecular flexibility index (Phi) is 8.12. The average Bonchev–Trinajstić information content (AvgIpc) is 3.38. The molecule has 1 unspecified atom stereocenters. The summed E-state index contributed by atoms with van der Waals surface area (Å²) in [5, 5.41) is 5.91. The Labute approximate surface area is 223 Å². The highest BCUT2D eigenvalue weighted by molar-refractivity contribution is 9.10. The first-order valence-corrected chi connectivity index (χ1v) is 13.6. The molecule has 2 aromatic heterocycles. The summed E-state index contributed by atoms with van der Waals surface area (Å²) in [7, 11) is 4.09. The van der Waals surface area contributed by atoms with E-state index in [1.54, 1.807) is 22.4 Å². The molecule has 1 N–H and O–H groups in total. The lowest BCUT2D eigenvalue weighted by Gasteiger charge is -2.38. The molecule has 7 nitrogen and oxygen atoms in total. The van der Waals surface area contributed by atoms with Crippen LogP contribution in [0.15, 0.2) is 53.0 Å². The predicted molar refractivity (Wildman–Crippen MR) is 147 cm³/mol. The highest BCUT2D eigenvalue weighted by atomic mass is 79.9. The number of hydrogen-bond donors (Lipinski definition) is 1. The molecule has 0 radical (unpaired) electrons. The van der Waals surface area contributed by atoms with Crippen LogP contribution < -0.4 is 5.32 Å². The van der Waals surface area contributed by atoms with E-state index in [1.165, 1.54) is 16.5 Å². The second kappa shape index (κ2) is 11.1. The van der Waals surface area contributed by atoms with Gasteiger partial charge in [0, 0.05) is 57.6 Å². The van der Waals surface area contributed by atoms with E-state index in [0.29, 0.717) is 25.1 Å². The number of nitrogens with one attached hydrogen (secondary N) is 1. The number of ketones is 1. The van der Waals surface area contributed by atoms with Crippen LogP contribution in [0.25, 0.3) is 10.9 Å². The summed E-state index contributed by atoms with van der Waals surface area (Å²) < 4.78 is 2.72. The van der Waals surface area contributed by atoms with Gasteiger partial charge in [0.05, 0.1) is 6.04 Å². The molecule has 0 saturated carbocycles. The van der Waals surface area contributed by atoms with Crippen molar-refractivity contribution in [3.63, 3.8) is 0 Å². The number of aromatic nitrogens is 1. The van der Waals surface area contributed by atoms with Crippen LogP contribution >= 0.6 is 27.3 Å². The molecule has 190 valence electrons. The molecule has 3 heterocycles. The van der Waals surface area contributed by atoms with Crippen LogP contribution in [-0.2, 0) is 16.1 Å². The van der Waals surface area contributed by atoms with Crippen LogP contribution in [0, 0.1) is 6.92 Å². The second-order valence-electron chi connectivity index (χ2n) is 9.45. The van der Waals surface area contributed by atoms with Gasteiger partial charge in [-0.1, -0.05) is 22.5 Å². The lowest BCUT2D eigenvalue weighted by molar-refractivity contribution is -0.133. The van der Waals surface area contributed by atoms with Crippen molar-refractivity contribution in [2.24, 2.45) is 0 Å². The van der Waals surface area contributed by atoms with Gasteiger partial charge in [-0.2, -0.15) is 0 Å². The smallest absolute Gasteiger partial charge is 0.246 e. The minimum Gasteiger partial charge on any atom is -0.348 e. The van der Waals surface area contributed by atoms with Gasteiger partial charge in [0.25, 0.3) is 0 Å². The molecule has 0 aliphatic carbocycles. The molecule has 1 saturated heterocycles. The molecular weight excluding hydrogens is 540 g/mol. The molecule has 3 aromatic rings. The SMILES string of the molecule is C=CC(=O)N1CC(NC(=O)Cn2cc(C(=O)CCC(c3sccc3C)N(C)C)c3cc(Br)ccc32)C1. The number of aryl methyl sites for hydroxylation is 1. The molecular formula is C27H31BrN4O3S. The van der Waals surface area contributed by atoms with Crippen LogP contribution in [0.1, 0.15) is 39.7 Å². The highest BCUT2D eigenvalue weighted by Gasteiger charge is 2.30. The topological polar surface area (TPSA) is 74.6 Å². The van der Waals surface area contributed by atoms with Crippen LogP contribution in [0.2, 0.25) is 0 Å². The maximum absolute atomic E-state index is 13.4. The minimum atomic E-state index is -0.148. The van der Waals surface area contributed by atoms with E-state index in [-0.39, 0.29) is 36.2 Å². The third kappa shape index (κ3) is 5.63. The lowest BCUT2D eigenvalue weighted by atomic mass is 10.00. The first-order valence-electron chi connectivity index (χ1n) is 11.9. The zero-order valence-electron chi connectivity index (χ0n) is 20.8. The number of rotatable bonds is 10. The number of carbonyl (C=O) groups is 3. The molecule has 1 atom stereocenters. The largest absolute Gasteiger partial charge is 0.348 e. The molecule has 0 bridgehead atoms. The first-order chi connectivity index (χ1) is 17.2. The van der Waals surface area contributed by atoms with E-state index in [0.717, 1.165) is 21.8 Å². The summed E-state index contributed by atoms with van der Waals surface area (Å²) in [6.07, 6.45) is 4.21. The van der Waals surface area contributed by atoms with E-state index in [1.807, 2.05) is 36.9 Å². The Morgan fingerprint density at radius 1 is 1.28 bits per heavy atom. The fourth-order valence-corrected chi connectivity index (χ4v) is 6.20. The number of hydrogen-bond acceptors (Lipinski definition) is 5. The standard InChI is InChI=1S/C27H31BrN4O3S/c1-5-26(35)32-13-19(14-32)29-25(34)16-31-15-21(20-12-18(28)6-7-22(20)31)24(33)9-8-23(30(3)4)27-17(2)10-11-36-27/h5-7,10-12,15,19,23H,1,8-9,13-14,16H2,2-4H3,(H,29,34). The van der Waals surface area contributed by atoms with Gasteiger partial charge in [0.2, 0.25) is 11.8 Å². The summed E-state index contributed by atoms with van der Waals surface area (Å²) in [5.74, 6) is -0.211. The molecule has 1 fully saturated rings. The maximum Gasteiger partial charge on any atom is 0.246 e. The van der Waals surface area contributed by atoms with Crippen molar-refractivity contribution in [2.75, 3.05) is 27.2 Å². The van der Waals surface area contributed by atoms with Crippen molar-refractivity contribution in [3.8, 4) is 0 Å². The molecule has 36 heavy (non-hydrogen) atoms. The molecule has 1 aliphatic heterocycles. The van der Waals surface area contributed by atoms with Gasteiger partial charge in [-0.25, -0.2) is 0 Å². The zero-order chi connectivity index (χ0) is 26.0. The Morgan fingerprint density at radius 3 is 2.67 bits per heavy atom. The van der Waals surface area contributed by atoms with E-state index in [4.69, 9.17) is 0 Å². The van der Waals surface area contributed by atoms with Crippen molar-refractivity contribution in [3.05, 3.63) is 69.0 Å². The molecule has 4 rings (SSSR count). The molecule has 1 aliphatic rings. The highest BCUT2D eigenvalue weighted by Crippen LogP contribution is 2.32. The molecule has 1 aromatic carbocycles. The number of thiophene rings is 1. The zero-order valence-corrected chi connectivity index (χ0v) is 23.2. The maximum atomic E-state index is 13.4. The predicted octanol–water partition coefficient (Wildman–Crippen LogP) is 4.55. The van der Waals surface area contributed by atoms with Gasteiger partial charge in [-0.15, -0.1) is 11.3 Å². The van der Waals surface area contributed by atoms with Crippen LogP contribution in [-0.4, -0.2) is 65.2 Å².